The van der Waals surface area contributed by atoms with E-state index in [4.69, 9.17) is 0 Å². The Balaban J connectivity index is 1.37. The number of ketones is 1. The average Bonchev–Trinajstić information content (AvgIpc) is 2.87. The van der Waals surface area contributed by atoms with Crippen LogP contribution in [0.15, 0.2) is 16.8 Å². The van der Waals surface area contributed by atoms with E-state index in [2.05, 4.69) is 16.8 Å². The molecule has 0 unspecified atom stereocenters. The van der Waals surface area contributed by atoms with Crippen LogP contribution in [-0.2, 0) is 11.2 Å². The van der Waals surface area contributed by atoms with Crippen LogP contribution in [0.2, 0.25) is 0 Å². The summed E-state index contributed by atoms with van der Waals surface area (Å²) in [5, 5.41) is 4.29. The number of hydrogen-bond donors (Lipinski definition) is 0. The zero-order valence-electron chi connectivity index (χ0n) is 12.1. The van der Waals surface area contributed by atoms with Gasteiger partial charge in [-0.1, -0.05) is 0 Å². The molecule has 0 spiro atoms. The predicted molar refractivity (Wildman–Crippen MR) is 82.9 cm³/mol. The summed E-state index contributed by atoms with van der Waals surface area (Å²) in [6.45, 7) is 0. The van der Waals surface area contributed by atoms with Crippen molar-refractivity contribution >= 4 is 17.1 Å². The number of rotatable bonds is 5. The maximum absolute atomic E-state index is 12.4. The van der Waals surface area contributed by atoms with Crippen LogP contribution >= 0.6 is 11.3 Å². The Bertz CT molecular complexity index is 452. The van der Waals surface area contributed by atoms with E-state index in [9.17, 15) is 4.79 Å². The summed E-state index contributed by atoms with van der Waals surface area (Å²) < 4.78 is 0. The Morgan fingerprint density at radius 1 is 1.15 bits per heavy atom. The zero-order chi connectivity index (χ0) is 13.6. The molecule has 1 aromatic heterocycles. The normalized spacial score (nSPS) is 38.3. The van der Waals surface area contributed by atoms with Crippen molar-refractivity contribution in [3.8, 4) is 0 Å². The van der Waals surface area contributed by atoms with Gasteiger partial charge in [-0.2, -0.15) is 11.3 Å². The van der Waals surface area contributed by atoms with Gasteiger partial charge in [-0.15, -0.1) is 0 Å². The largest absolute Gasteiger partial charge is 0.300 e. The number of carbonyl (C=O) groups excluding carboxylic acids is 1. The zero-order valence-corrected chi connectivity index (χ0v) is 13.0. The molecule has 5 rings (SSSR count). The molecule has 20 heavy (non-hydrogen) atoms. The molecular formula is C18H24OS. The van der Waals surface area contributed by atoms with Crippen molar-refractivity contribution in [1.29, 1.82) is 0 Å². The maximum atomic E-state index is 12.4. The van der Waals surface area contributed by atoms with E-state index in [1.54, 1.807) is 11.3 Å². The predicted octanol–water partition coefficient (Wildman–Crippen LogP) is 4.86. The van der Waals surface area contributed by atoms with E-state index in [0.29, 0.717) is 11.2 Å². The summed E-state index contributed by atoms with van der Waals surface area (Å²) in [4.78, 5) is 12.4. The second-order valence-corrected chi connectivity index (χ2v) is 8.54. The monoisotopic (exact) mass is 288 g/mol. The SMILES string of the molecule is O=C(CCc1ccsc1)CC12CC3CC(CC(C3)C1)C2. The van der Waals surface area contributed by atoms with E-state index < -0.39 is 0 Å². The van der Waals surface area contributed by atoms with Gasteiger partial charge in [0.15, 0.2) is 0 Å². The number of carbonyl (C=O) groups is 1. The summed E-state index contributed by atoms with van der Waals surface area (Å²) in [6.07, 6.45) is 11.1. The molecule has 1 aromatic rings. The average molecular weight is 288 g/mol. The number of thiophene rings is 1. The Morgan fingerprint density at radius 2 is 1.80 bits per heavy atom. The molecule has 4 saturated carbocycles. The van der Waals surface area contributed by atoms with Crippen LogP contribution in [0.5, 0.6) is 0 Å². The third kappa shape index (κ3) is 2.47. The molecule has 4 aliphatic carbocycles. The van der Waals surface area contributed by atoms with Crippen LogP contribution in [0.25, 0.3) is 0 Å². The summed E-state index contributed by atoms with van der Waals surface area (Å²) in [6, 6.07) is 2.16. The third-order valence-corrected chi connectivity index (χ3v) is 6.74. The van der Waals surface area contributed by atoms with Crippen LogP contribution in [0.3, 0.4) is 0 Å². The minimum Gasteiger partial charge on any atom is -0.300 e. The van der Waals surface area contributed by atoms with E-state index in [1.165, 1.54) is 44.1 Å². The molecule has 4 fully saturated rings. The van der Waals surface area contributed by atoms with Gasteiger partial charge < -0.3 is 0 Å². The standard InChI is InChI=1S/C18H24OS/c19-17(2-1-13-3-4-20-12-13)11-18-8-14-5-15(9-18)7-16(6-14)10-18/h3-4,12,14-16H,1-2,5-11H2. The summed E-state index contributed by atoms with van der Waals surface area (Å²) in [5.74, 6) is 3.42. The highest BCUT2D eigenvalue weighted by Gasteiger charge is 2.51. The topological polar surface area (TPSA) is 17.1 Å². The lowest BCUT2D eigenvalue weighted by Gasteiger charge is -2.56. The molecule has 4 bridgehead atoms. The van der Waals surface area contributed by atoms with Crippen molar-refractivity contribution in [2.45, 2.75) is 57.8 Å². The van der Waals surface area contributed by atoms with Crippen molar-refractivity contribution in [2.24, 2.45) is 23.2 Å². The second-order valence-electron chi connectivity index (χ2n) is 7.76. The third-order valence-electron chi connectivity index (χ3n) is 6.01. The molecule has 0 N–H and O–H groups in total. The highest BCUT2D eigenvalue weighted by molar-refractivity contribution is 7.07. The molecule has 0 aromatic carbocycles. The fourth-order valence-corrected chi connectivity index (χ4v) is 6.43. The molecule has 1 heterocycles. The maximum Gasteiger partial charge on any atom is 0.133 e. The second kappa shape index (κ2) is 4.98. The summed E-state index contributed by atoms with van der Waals surface area (Å²) in [5.41, 5.74) is 1.77. The van der Waals surface area contributed by atoms with Gasteiger partial charge in [0, 0.05) is 12.8 Å². The van der Waals surface area contributed by atoms with Gasteiger partial charge in [-0.05, 0) is 90.5 Å². The van der Waals surface area contributed by atoms with E-state index in [1.807, 2.05) is 0 Å². The molecule has 0 radical (unpaired) electrons. The van der Waals surface area contributed by atoms with Gasteiger partial charge >= 0.3 is 0 Å². The van der Waals surface area contributed by atoms with Crippen molar-refractivity contribution in [3.05, 3.63) is 22.4 Å². The van der Waals surface area contributed by atoms with Gasteiger partial charge in [-0.25, -0.2) is 0 Å². The lowest BCUT2D eigenvalue weighted by Crippen LogP contribution is -2.46. The van der Waals surface area contributed by atoms with Crippen molar-refractivity contribution in [2.75, 3.05) is 0 Å². The highest BCUT2D eigenvalue weighted by atomic mass is 32.1. The molecule has 0 aliphatic heterocycles. The molecule has 2 heteroatoms. The highest BCUT2D eigenvalue weighted by Crippen LogP contribution is 2.61. The molecule has 108 valence electrons. The van der Waals surface area contributed by atoms with Crippen LogP contribution < -0.4 is 0 Å². The first kappa shape index (κ1) is 13.1. The Hall–Kier alpha value is -0.630. The van der Waals surface area contributed by atoms with Crippen LogP contribution in [0.1, 0.15) is 56.9 Å². The molecule has 0 atom stereocenters. The molecule has 0 saturated heterocycles. The minimum atomic E-state index is 0.431. The first-order valence-corrected chi connectivity index (χ1v) is 9.18. The van der Waals surface area contributed by atoms with Crippen LogP contribution in [-0.4, -0.2) is 5.78 Å². The summed E-state index contributed by atoms with van der Waals surface area (Å²) >= 11 is 1.73. The fourth-order valence-electron chi connectivity index (χ4n) is 5.73. The van der Waals surface area contributed by atoms with Gasteiger partial charge in [-0.3, -0.25) is 4.79 Å². The molecule has 0 amide bonds. The van der Waals surface area contributed by atoms with Gasteiger partial charge in [0.1, 0.15) is 5.78 Å². The Kier molecular flexibility index (Phi) is 3.25. The number of hydrogen-bond acceptors (Lipinski definition) is 2. The smallest absolute Gasteiger partial charge is 0.133 e. The lowest BCUT2D eigenvalue weighted by molar-refractivity contribution is -0.127. The van der Waals surface area contributed by atoms with Crippen LogP contribution in [0.4, 0.5) is 0 Å². The first-order valence-electron chi connectivity index (χ1n) is 8.24. The first-order chi connectivity index (χ1) is 9.71. The van der Waals surface area contributed by atoms with Crippen molar-refractivity contribution in [1.82, 2.24) is 0 Å². The Morgan fingerprint density at radius 3 is 2.35 bits per heavy atom. The Labute approximate surface area is 125 Å². The molecule has 1 nitrogen and oxygen atoms in total. The summed E-state index contributed by atoms with van der Waals surface area (Å²) in [7, 11) is 0. The molecule has 4 aliphatic rings. The lowest BCUT2D eigenvalue weighted by atomic mass is 9.48. The number of aryl methyl sites for hydroxylation is 1. The van der Waals surface area contributed by atoms with Gasteiger partial charge in [0.25, 0.3) is 0 Å². The minimum absolute atomic E-state index is 0.431. The van der Waals surface area contributed by atoms with E-state index in [-0.39, 0.29) is 0 Å². The molecular weight excluding hydrogens is 264 g/mol. The van der Waals surface area contributed by atoms with Crippen molar-refractivity contribution < 1.29 is 4.79 Å². The van der Waals surface area contributed by atoms with Gasteiger partial charge in [0.2, 0.25) is 0 Å². The van der Waals surface area contributed by atoms with E-state index in [0.717, 1.165) is 37.0 Å². The quantitative estimate of drug-likeness (QED) is 0.756. The van der Waals surface area contributed by atoms with Gasteiger partial charge in [0.05, 0.1) is 0 Å². The fraction of sp³-hybridized carbons (Fsp3) is 0.722. The van der Waals surface area contributed by atoms with Crippen LogP contribution in [0, 0.1) is 23.2 Å². The van der Waals surface area contributed by atoms with Crippen molar-refractivity contribution in [3.63, 3.8) is 0 Å². The van der Waals surface area contributed by atoms with E-state index >= 15 is 0 Å². The number of Topliss-reactive ketones (excluding diaryl/α,β-unsaturated/α-hetero) is 1.